The van der Waals surface area contributed by atoms with Crippen molar-refractivity contribution >= 4 is 17.2 Å². The van der Waals surface area contributed by atoms with E-state index in [4.69, 9.17) is 0 Å². The summed E-state index contributed by atoms with van der Waals surface area (Å²) < 4.78 is 0. The number of aliphatic hydroxyl groups excluding tert-OH is 1. The van der Waals surface area contributed by atoms with Crippen molar-refractivity contribution in [2.24, 2.45) is 0 Å². The van der Waals surface area contributed by atoms with Gasteiger partial charge in [-0.05, 0) is 37.1 Å². The highest BCUT2D eigenvalue weighted by atomic mass is 32.1. The Kier molecular flexibility index (Phi) is 3.75. The second-order valence-corrected chi connectivity index (χ2v) is 5.86. The molecule has 19 heavy (non-hydrogen) atoms. The maximum Gasteiger partial charge on any atom is 0.130 e. The monoisotopic (exact) mass is 275 g/mol. The molecule has 1 fully saturated rings. The van der Waals surface area contributed by atoms with Gasteiger partial charge in [-0.25, -0.2) is 9.97 Å². The van der Waals surface area contributed by atoms with E-state index in [1.807, 2.05) is 17.5 Å². The van der Waals surface area contributed by atoms with Crippen LogP contribution in [0.15, 0.2) is 29.9 Å². The molecule has 0 bridgehead atoms. The molecule has 1 saturated carbocycles. The van der Waals surface area contributed by atoms with Gasteiger partial charge in [0, 0.05) is 12.1 Å². The van der Waals surface area contributed by atoms with Crippen molar-refractivity contribution in [3.8, 4) is 10.6 Å². The van der Waals surface area contributed by atoms with Gasteiger partial charge in [0.15, 0.2) is 0 Å². The van der Waals surface area contributed by atoms with Crippen LogP contribution < -0.4 is 5.32 Å². The molecule has 1 aliphatic rings. The van der Waals surface area contributed by atoms with E-state index in [1.165, 1.54) is 0 Å². The van der Waals surface area contributed by atoms with Crippen LogP contribution in [0.1, 0.15) is 25.7 Å². The number of nitrogens with one attached hydrogen (secondary N) is 1. The Bertz CT molecular complexity index is 521. The summed E-state index contributed by atoms with van der Waals surface area (Å²) >= 11 is 1.68. The van der Waals surface area contributed by atoms with E-state index in [0.29, 0.717) is 6.04 Å². The van der Waals surface area contributed by atoms with Crippen LogP contribution in [0.2, 0.25) is 0 Å². The smallest absolute Gasteiger partial charge is 0.130 e. The fourth-order valence-corrected chi connectivity index (χ4v) is 3.12. The molecule has 3 rings (SSSR count). The van der Waals surface area contributed by atoms with E-state index in [9.17, 15) is 5.11 Å². The molecular formula is C14H17N3OS. The molecule has 0 aromatic carbocycles. The zero-order valence-electron chi connectivity index (χ0n) is 10.6. The van der Waals surface area contributed by atoms with Gasteiger partial charge in [-0.1, -0.05) is 6.07 Å². The first-order valence-corrected chi connectivity index (χ1v) is 7.50. The summed E-state index contributed by atoms with van der Waals surface area (Å²) in [6.07, 6.45) is 5.24. The number of aromatic nitrogens is 2. The molecule has 0 spiro atoms. The van der Waals surface area contributed by atoms with Crippen molar-refractivity contribution in [3.05, 3.63) is 29.9 Å². The van der Waals surface area contributed by atoms with Crippen LogP contribution in [0.25, 0.3) is 10.6 Å². The number of aliphatic hydroxyl groups is 1. The van der Waals surface area contributed by atoms with Gasteiger partial charge >= 0.3 is 0 Å². The van der Waals surface area contributed by atoms with E-state index in [-0.39, 0.29) is 6.10 Å². The number of hydrogen-bond acceptors (Lipinski definition) is 5. The predicted octanol–water partition coefficient (Wildman–Crippen LogP) is 2.92. The highest BCUT2D eigenvalue weighted by Crippen LogP contribution is 2.25. The van der Waals surface area contributed by atoms with E-state index in [0.717, 1.165) is 42.1 Å². The quantitative estimate of drug-likeness (QED) is 0.904. The molecule has 0 amide bonds. The van der Waals surface area contributed by atoms with Crippen molar-refractivity contribution in [2.75, 3.05) is 5.32 Å². The summed E-state index contributed by atoms with van der Waals surface area (Å²) in [6.45, 7) is 0. The zero-order valence-corrected chi connectivity index (χ0v) is 11.4. The van der Waals surface area contributed by atoms with E-state index < -0.39 is 0 Å². The molecule has 0 aliphatic heterocycles. The summed E-state index contributed by atoms with van der Waals surface area (Å²) in [7, 11) is 0. The molecule has 0 atom stereocenters. The lowest BCUT2D eigenvalue weighted by Gasteiger charge is -2.26. The minimum atomic E-state index is -0.120. The normalized spacial score (nSPS) is 23.2. The largest absolute Gasteiger partial charge is 0.393 e. The van der Waals surface area contributed by atoms with Gasteiger partial charge in [-0.15, -0.1) is 11.3 Å². The fourth-order valence-electron chi connectivity index (χ4n) is 2.42. The predicted molar refractivity (Wildman–Crippen MR) is 77.2 cm³/mol. The van der Waals surface area contributed by atoms with Gasteiger partial charge in [0.1, 0.15) is 12.1 Å². The van der Waals surface area contributed by atoms with Crippen LogP contribution in [0.5, 0.6) is 0 Å². The lowest BCUT2D eigenvalue weighted by atomic mass is 9.93. The topological polar surface area (TPSA) is 58.0 Å². The van der Waals surface area contributed by atoms with Gasteiger partial charge in [0.05, 0.1) is 16.7 Å². The molecule has 2 N–H and O–H groups in total. The van der Waals surface area contributed by atoms with E-state index in [1.54, 1.807) is 17.7 Å². The van der Waals surface area contributed by atoms with Crippen LogP contribution in [0.4, 0.5) is 5.82 Å². The summed E-state index contributed by atoms with van der Waals surface area (Å²) in [5.41, 5.74) is 0.961. The van der Waals surface area contributed by atoms with Crippen LogP contribution in [0.3, 0.4) is 0 Å². The SMILES string of the molecule is OC1CCC(Nc2cc(-c3cccs3)ncn2)CC1. The molecule has 2 heterocycles. The second kappa shape index (κ2) is 5.67. The third-order valence-corrected chi connectivity index (χ3v) is 4.38. The Balaban J connectivity index is 1.70. The third-order valence-electron chi connectivity index (χ3n) is 3.49. The van der Waals surface area contributed by atoms with Crippen molar-refractivity contribution in [3.63, 3.8) is 0 Å². The van der Waals surface area contributed by atoms with Gasteiger partial charge < -0.3 is 10.4 Å². The minimum absolute atomic E-state index is 0.120. The molecule has 0 saturated heterocycles. The fraction of sp³-hybridized carbons (Fsp3) is 0.429. The van der Waals surface area contributed by atoms with Gasteiger partial charge in [0.2, 0.25) is 0 Å². The van der Waals surface area contributed by atoms with Crippen LogP contribution in [-0.4, -0.2) is 27.2 Å². The van der Waals surface area contributed by atoms with Crippen molar-refractivity contribution in [1.29, 1.82) is 0 Å². The maximum atomic E-state index is 9.51. The summed E-state index contributed by atoms with van der Waals surface area (Å²) in [6, 6.07) is 6.50. The first kappa shape index (κ1) is 12.6. The number of hydrogen-bond donors (Lipinski definition) is 2. The van der Waals surface area contributed by atoms with Crippen LogP contribution >= 0.6 is 11.3 Å². The number of anilines is 1. The average molecular weight is 275 g/mol. The lowest BCUT2D eigenvalue weighted by molar-refractivity contribution is 0.126. The highest BCUT2D eigenvalue weighted by molar-refractivity contribution is 7.13. The molecule has 0 radical (unpaired) electrons. The number of thiophene rings is 1. The molecule has 0 unspecified atom stereocenters. The molecule has 5 heteroatoms. The Morgan fingerprint density at radius 1 is 1.21 bits per heavy atom. The van der Waals surface area contributed by atoms with Crippen LogP contribution in [-0.2, 0) is 0 Å². The molecule has 4 nitrogen and oxygen atoms in total. The Hall–Kier alpha value is -1.46. The van der Waals surface area contributed by atoms with Gasteiger partial charge in [-0.2, -0.15) is 0 Å². The lowest BCUT2D eigenvalue weighted by Crippen LogP contribution is -2.28. The first-order chi connectivity index (χ1) is 9.31. The Morgan fingerprint density at radius 2 is 2.05 bits per heavy atom. The summed E-state index contributed by atoms with van der Waals surface area (Å²) in [4.78, 5) is 9.75. The van der Waals surface area contributed by atoms with E-state index >= 15 is 0 Å². The third kappa shape index (κ3) is 3.11. The molecule has 100 valence electrons. The Morgan fingerprint density at radius 3 is 2.79 bits per heavy atom. The maximum absolute atomic E-state index is 9.51. The standard InChI is InChI=1S/C14H17N3OS/c18-11-5-3-10(4-6-11)17-14-8-12(15-9-16-14)13-2-1-7-19-13/h1-2,7-11,18H,3-6H2,(H,15,16,17). The molecule has 1 aliphatic carbocycles. The van der Waals surface area contributed by atoms with Gasteiger partial charge in [-0.3, -0.25) is 0 Å². The van der Waals surface area contributed by atoms with E-state index in [2.05, 4.69) is 21.4 Å². The second-order valence-electron chi connectivity index (χ2n) is 4.92. The minimum Gasteiger partial charge on any atom is -0.393 e. The summed E-state index contributed by atoms with van der Waals surface area (Å²) in [5, 5.41) is 15.0. The average Bonchev–Trinajstić information content (AvgIpc) is 2.96. The number of nitrogens with zero attached hydrogens (tertiary/aromatic N) is 2. The van der Waals surface area contributed by atoms with Gasteiger partial charge in [0.25, 0.3) is 0 Å². The zero-order chi connectivity index (χ0) is 13.1. The van der Waals surface area contributed by atoms with Crippen molar-refractivity contribution < 1.29 is 5.11 Å². The van der Waals surface area contributed by atoms with Crippen molar-refractivity contribution in [2.45, 2.75) is 37.8 Å². The molecular weight excluding hydrogens is 258 g/mol. The first-order valence-electron chi connectivity index (χ1n) is 6.62. The number of rotatable bonds is 3. The Labute approximate surface area is 116 Å². The molecule has 2 aromatic rings. The van der Waals surface area contributed by atoms with Crippen LogP contribution in [0, 0.1) is 0 Å². The van der Waals surface area contributed by atoms with Crippen molar-refractivity contribution in [1.82, 2.24) is 9.97 Å². The molecule has 2 aromatic heterocycles. The summed E-state index contributed by atoms with van der Waals surface area (Å²) in [5.74, 6) is 0.875. The highest BCUT2D eigenvalue weighted by Gasteiger charge is 2.19.